The van der Waals surface area contributed by atoms with Crippen LogP contribution in [0.25, 0.3) is 4.72 Å². The molecule has 0 amide bonds. The van der Waals surface area contributed by atoms with E-state index in [4.69, 9.17) is 11.6 Å². The van der Waals surface area contributed by atoms with Crippen LogP contribution in [-0.2, 0) is 10.0 Å². The zero-order valence-corrected chi connectivity index (χ0v) is 11.5. The lowest BCUT2D eigenvalue weighted by Gasteiger charge is -2.22. The van der Waals surface area contributed by atoms with E-state index in [1.165, 1.54) is 24.3 Å². The van der Waals surface area contributed by atoms with Gasteiger partial charge in [0, 0.05) is 11.1 Å². The summed E-state index contributed by atoms with van der Waals surface area (Å²) >= 11 is 5.83. The Balaban J connectivity index is 2.47. The number of benzene rings is 2. The van der Waals surface area contributed by atoms with E-state index in [0.29, 0.717) is 0 Å². The molecule has 0 heterocycles. The van der Waals surface area contributed by atoms with Crippen LogP contribution < -0.4 is 0 Å². The Morgan fingerprint density at radius 3 is 2.30 bits per heavy atom. The van der Waals surface area contributed by atoms with Crippen LogP contribution in [-0.4, -0.2) is 13.3 Å². The van der Waals surface area contributed by atoms with Crippen molar-refractivity contribution in [1.82, 2.24) is 0 Å². The SMILES string of the molecule is O=[N+]([O-])c1ccccc1S(=O)(=O)[N-]c1ccccc1Cl. The van der Waals surface area contributed by atoms with Crippen molar-refractivity contribution in [1.29, 1.82) is 0 Å². The second-order valence-corrected chi connectivity index (χ2v) is 5.72. The van der Waals surface area contributed by atoms with Gasteiger partial charge in [-0.3, -0.25) is 10.1 Å². The lowest BCUT2D eigenvalue weighted by Crippen LogP contribution is -2.02. The number of sulfonamides is 1. The second-order valence-electron chi connectivity index (χ2n) is 3.74. The van der Waals surface area contributed by atoms with Crippen LogP contribution in [0.15, 0.2) is 53.4 Å². The van der Waals surface area contributed by atoms with E-state index >= 15 is 0 Å². The number of halogens is 1. The lowest BCUT2D eigenvalue weighted by atomic mass is 10.3. The summed E-state index contributed by atoms with van der Waals surface area (Å²) in [7, 11) is -4.21. The van der Waals surface area contributed by atoms with E-state index in [1.807, 2.05) is 0 Å². The van der Waals surface area contributed by atoms with Crippen LogP contribution in [0.2, 0.25) is 5.02 Å². The number of hydrogen-bond acceptors (Lipinski definition) is 4. The van der Waals surface area contributed by atoms with E-state index in [0.717, 1.165) is 12.1 Å². The number of hydrogen-bond donors (Lipinski definition) is 0. The summed E-state index contributed by atoms with van der Waals surface area (Å²) in [5.74, 6) is 0. The first-order valence-electron chi connectivity index (χ1n) is 5.38. The largest absolute Gasteiger partial charge is 0.571 e. The number of nitro benzene ring substituents is 1. The van der Waals surface area contributed by atoms with Crippen molar-refractivity contribution in [3.05, 3.63) is 68.4 Å². The number of nitrogens with zero attached hydrogens (tertiary/aromatic N) is 2. The molecule has 0 saturated carbocycles. The normalized spacial score (nSPS) is 11.1. The van der Waals surface area contributed by atoms with Gasteiger partial charge >= 0.3 is 0 Å². The number of nitro groups is 1. The first-order chi connectivity index (χ1) is 9.42. The zero-order valence-electron chi connectivity index (χ0n) is 9.93. The van der Waals surface area contributed by atoms with Crippen LogP contribution in [0.3, 0.4) is 0 Å². The van der Waals surface area contributed by atoms with Crippen LogP contribution >= 0.6 is 11.6 Å². The average Bonchev–Trinajstić information content (AvgIpc) is 2.41. The van der Waals surface area contributed by atoms with Crippen LogP contribution in [0, 0.1) is 10.1 Å². The van der Waals surface area contributed by atoms with E-state index in [1.54, 1.807) is 12.1 Å². The van der Waals surface area contributed by atoms with Gasteiger partial charge in [-0.2, -0.15) is 0 Å². The van der Waals surface area contributed by atoms with E-state index in [2.05, 4.69) is 4.72 Å². The summed E-state index contributed by atoms with van der Waals surface area (Å²) in [5.41, 5.74) is -0.490. The van der Waals surface area contributed by atoms with Crippen molar-refractivity contribution in [3.8, 4) is 0 Å². The van der Waals surface area contributed by atoms with Gasteiger partial charge < -0.3 is 4.72 Å². The van der Waals surface area contributed by atoms with E-state index in [-0.39, 0.29) is 10.7 Å². The van der Waals surface area contributed by atoms with Gasteiger partial charge in [0.1, 0.15) is 14.9 Å². The molecule has 0 aliphatic carbocycles. The van der Waals surface area contributed by atoms with Gasteiger partial charge in [0.15, 0.2) is 0 Å². The fourth-order valence-corrected chi connectivity index (χ4v) is 2.93. The molecular formula is C12H8ClN2O4S-. The van der Waals surface area contributed by atoms with Gasteiger partial charge in [0.05, 0.1) is 4.92 Å². The van der Waals surface area contributed by atoms with Gasteiger partial charge in [-0.1, -0.05) is 41.9 Å². The third-order valence-electron chi connectivity index (χ3n) is 2.41. The molecule has 0 radical (unpaired) electrons. The minimum atomic E-state index is -4.21. The number of rotatable bonds is 4. The molecule has 0 saturated heterocycles. The molecule has 8 heteroatoms. The van der Waals surface area contributed by atoms with E-state index in [9.17, 15) is 18.5 Å². The lowest BCUT2D eigenvalue weighted by molar-refractivity contribution is -0.387. The highest BCUT2D eigenvalue weighted by molar-refractivity contribution is 7.94. The molecule has 2 aromatic carbocycles. The predicted octanol–water partition coefficient (Wildman–Crippen LogP) is 3.64. The molecule has 104 valence electrons. The summed E-state index contributed by atoms with van der Waals surface area (Å²) in [6.45, 7) is 0. The average molecular weight is 312 g/mol. The van der Waals surface area contributed by atoms with Gasteiger partial charge in [0.2, 0.25) is 0 Å². The Labute approximate surface area is 120 Å². The molecule has 6 nitrogen and oxygen atoms in total. The van der Waals surface area contributed by atoms with Crippen LogP contribution in [0.4, 0.5) is 11.4 Å². The first-order valence-corrected chi connectivity index (χ1v) is 7.19. The minimum Gasteiger partial charge on any atom is -0.571 e. The molecule has 0 spiro atoms. The van der Waals surface area contributed by atoms with Crippen LogP contribution in [0.5, 0.6) is 0 Å². The maximum atomic E-state index is 12.1. The molecule has 0 N–H and O–H groups in total. The highest BCUT2D eigenvalue weighted by Gasteiger charge is 2.19. The van der Waals surface area contributed by atoms with Crippen molar-refractivity contribution in [2.75, 3.05) is 0 Å². The van der Waals surface area contributed by atoms with E-state index < -0.39 is 25.5 Å². The zero-order chi connectivity index (χ0) is 14.8. The molecule has 0 aromatic heterocycles. The van der Waals surface area contributed by atoms with Crippen LogP contribution in [0.1, 0.15) is 0 Å². The third-order valence-corrected chi connectivity index (χ3v) is 4.07. The summed E-state index contributed by atoms with van der Waals surface area (Å²) in [6.07, 6.45) is 0. The third kappa shape index (κ3) is 2.89. The maximum absolute atomic E-state index is 12.1. The highest BCUT2D eigenvalue weighted by Crippen LogP contribution is 2.36. The predicted molar refractivity (Wildman–Crippen MR) is 74.8 cm³/mol. The Morgan fingerprint density at radius 2 is 1.65 bits per heavy atom. The van der Waals surface area contributed by atoms with Gasteiger partial charge in [0.25, 0.3) is 5.69 Å². The molecule has 0 fully saturated rings. The molecule has 0 bridgehead atoms. The van der Waals surface area contributed by atoms with Gasteiger partial charge in [-0.05, 0) is 12.1 Å². The monoisotopic (exact) mass is 311 g/mol. The quantitative estimate of drug-likeness (QED) is 0.636. The second kappa shape index (κ2) is 5.48. The molecular weight excluding hydrogens is 304 g/mol. The Hall–Kier alpha value is -2.12. The summed E-state index contributed by atoms with van der Waals surface area (Å²) in [6, 6.07) is 11.1. The molecule has 0 atom stereocenters. The molecule has 0 unspecified atom stereocenters. The summed E-state index contributed by atoms with van der Waals surface area (Å²) < 4.78 is 27.8. The molecule has 0 aliphatic heterocycles. The van der Waals surface area contributed by atoms with Gasteiger partial charge in [-0.25, -0.2) is 8.42 Å². The van der Waals surface area contributed by atoms with Gasteiger partial charge in [-0.15, -0.1) is 5.69 Å². The fraction of sp³-hybridized carbons (Fsp3) is 0. The summed E-state index contributed by atoms with van der Waals surface area (Å²) in [5, 5.41) is 11.0. The van der Waals surface area contributed by atoms with Crippen molar-refractivity contribution in [2.24, 2.45) is 0 Å². The Bertz CT molecular complexity index is 762. The summed E-state index contributed by atoms with van der Waals surface area (Å²) in [4.78, 5) is 9.62. The van der Waals surface area contributed by atoms with Crippen molar-refractivity contribution < 1.29 is 13.3 Å². The van der Waals surface area contributed by atoms with Crippen molar-refractivity contribution >= 4 is 33.0 Å². The smallest absolute Gasteiger partial charge is 0.286 e. The minimum absolute atomic E-state index is 0.0346. The molecule has 0 aliphatic rings. The van der Waals surface area contributed by atoms with Crippen molar-refractivity contribution in [3.63, 3.8) is 0 Å². The standard InChI is InChI=1S/C12H8ClN2O4S/c13-9-5-1-2-6-10(9)14-20(18,19)12-8-4-3-7-11(12)15(16)17/h1-8H/q-1. The maximum Gasteiger partial charge on any atom is 0.286 e. The molecule has 2 rings (SSSR count). The first kappa shape index (κ1) is 14.3. The number of para-hydroxylation sites is 1. The topological polar surface area (TPSA) is 91.4 Å². The molecule has 2 aromatic rings. The fourth-order valence-electron chi connectivity index (χ4n) is 1.53. The van der Waals surface area contributed by atoms with Crippen molar-refractivity contribution in [2.45, 2.75) is 4.90 Å². The molecule has 20 heavy (non-hydrogen) atoms. The highest BCUT2D eigenvalue weighted by atomic mass is 35.5. The Kier molecular flexibility index (Phi) is 3.91. The Morgan fingerprint density at radius 1 is 1.05 bits per heavy atom.